The molecule has 0 radical (unpaired) electrons. The van der Waals surface area contributed by atoms with Crippen LogP contribution in [0.5, 0.6) is 0 Å². The molecule has 32 heavy (non-hydrogen) atoms. The SMILES string of the molecule is C[C@H](Nc1nc(Nc2cccc(C(F)(F)F)c2)nc(N2CCOCC2)n1)c1ccccc1. The first-order valence-electron chi connectivity index (χ1n) is 10.2. The monoisotopic (exact) mass is 444 g/mol. The molecule has 0 amide bonds. The van der Waals surface area contributed by atoms with Crippen LogP contribution in [0.4, 0.5) is 36.7 Å². The Labute approximate surface area is 183 Å². The van der Waals surface area contributed by atoms with Crippen LogP contribution in [-0.2, 0) is 10.9 Å². The van der Waals surface area contributed by atoms with Crippen molar-refractivity contribution in [2.24, 2.45) is 0 Å². The van der Waals surface area contributed by atoms with Gasteiger partial charge in [0.2, 0.25) is 17.8 Å². The van der Waals surface area contributed by atoms with Crippen LogP contribution in [0.25, 0.3) is 0 Å². The summed E-state index contributed by atoms with van der Waals surface area (Å²) in [5.74, 6) is 0.913. The van der Waals surface area contributed by atoms with Gasteiger partial charge in [-0.25, -0.2) is 0 Å². The van der Waals surface area contributed by atoms with Gasteiger partial charge in [0.1, 0.15) is 0 Å². The fourth-order valence-electron chi connectivity index (χ4n) is 3.31. The Morgan fingerprint density at radius 1 is 0.938 bits per heavy atom. The van der Waals surface area contributed by atoms with Gasteiger partial charge in [-0.1, -0.05) is 36.4 Å². The van der Waals surface area contributed by atoms with E-state index in [9.17, 15) is 13.2 Å². The predicted octanol–water partition coefficient (Wildman–Crippen LogP) is 4.64. The van der Waals surface area contributed by atoms with Crippen LogP contribution in [0.3, 0.4) is 0 Å². The van der Waals surface area contributed by atoms with Crippen LogP contribution >= 0.6 is 0 Å². The molecule has 0 unspecified atom stereocenters. The number of rotatable bonds is 6. The van der Waals surface area contributed by atoms with E-state index in [0.29, 0.717) is 38.2 Å². The van der Waals surface area contributed by atoms with Gasteiger partial charge in [-0.05, 0) is 30.7 Å². The van der Waals surface area contributed by atoms with Crippen molar-refractivity contribution < 1.29 is 17.9 Å². The van der Waals surface area contributed by atoms with Crippen LogP contribution in [0.15, 0.2) is 54.6 Å². The Morgan fingerprint density at radius 3 is 2.38 bits per heavy atom. The zero-order chi connectivity index (χ0) is 22.6. The number of anilines is 4. The van der Waals surface area contributed by atoms with E-state index in [-0.39, 0.29) is 17.7 Å². The average Bonchev–Trinajstić information content (AvgIpc) is 2.80. The van der Waals surface area contributed by atoms with E-state index in [1.165, 1.54) is 12.1 Å². The Hall–Kier alpha value is -3.40. The molecule has 1 aliphatic heterocycles. The molecule has 1 saturated heterocycles. The minimum absolute atomic E-state index is 0.0856. The molecule has 7 nitrogen and oxygen atoms in total. The summed E-state index contributed by atoms with van der Waals surface area (Å²) < 4.78 is 44.6. The predicted molar refractivity (Wildman–Crippen MR) is 116 cm³/mol. The molecule has 0 aliphatic carbocycles. The van der Waals surface area contributed by atoms with E-state index in [1.807, 2.05) is 42.2 Å². The van der Waals surface area contributed by atoms with Crippen molar-refractivity contribution in [3.63, 3.8) is 0 Å². The van der Waals surface area contributed by atoms with E-state index in [2.05, 4.69) is 25.6 Å². The van der Waals surface area contributed by atoms with E-state index in [4.69, 9.17) is 4.74 Å². The number of nitrogens with zero attached hydrogens (tertiary/aromatic N) is 4. The first-order chi connectivity index (χ1) is 15.4. The Morgan fingerprint density at radius 2 is 1.66 bits per heavy atom. The number of morpholine rings is 1. The molecule has 10 heteroatoms. The third kappa shape index (κ3) is 5.44. The van der Waals surface area contributed by atoms with Crippen LogP contribution in [0.2, 0.25) is 0 Å². The molecule has 0 spiro atoms. The molecule has 168 valence electrons. The molecule has 1 aromatic heterocycles. The van der Waals surface area contributed by atoms with Crippen molar-refractivity contribution in [1.29, 1.82) is 0 Å². The molecule has 0 bridgehead atoms. The number of aromatic nitrogens is 3. The standard InChI is InChI=1S/C22H23F3N6O/c1-15(16-6-3-2-4-7-16)26-19-28-20(30-21(29-19)31-10-12-32-13-11-31)27-18-9-5-8-17(14-18)22(23,24)25/h2-9,14-15H,10-13H2,1H3,(H2,26,27,28,29,30)/t15-/m0/s1. The second kappa shape index (κ2) is 9.39. The zero-order valence-electron chi connectivity index (χ0n) is 17.4. The van der Waals surface area contributed by atoms with Crippen molar-refractivity contribution in [2.75, 3.05) is 41.8 Å². The first kappa shape index (κ1) is 21.8. The highest BCUT2D eigenvalue weighted by Gasteiger charge is 2.30. The van der Waals surface area contributed by atoms with Gasteiger partial charge in [-0.3, -0.25) is 0 Å². The number of hydrogen-bond donors (Lipinski definition) is 2. The highest BCUT2D eigenvalue weighted by atomic mass is 19.4. The molecule has 1 fully saturated rings. The summed E-state index contributed by atoms with van der Waals surface area (Å²) in [7, 11) is 0. The Bertz CT molecular complexity index is 1040. The third-order valence-corrected chi connectivity index (χ3v) is 5.01. The van der Waals surface area contributed by atoms with Crippen molar-refractivity contribution in [3.8, 4) is 0 Å². The van der Waals surface area contributed by atoms with Gasteiger partial charge in [0.25, 0.3) is 0 Å². The summed E-state index contributed by atoms with van der Waals surface area (Å²) >= 11 is 0. The first-order valence-corrected chi connectivity index (χ1v) is 10.2. The lowest BCUT2D eigenvalue weighted by molar-refractivity contribution is -0.137. The highest BCUT2D eigenvalue weighted by Crippen LogP contribution is 2.31. The molecule has 0 saturated carbocycles. The summed E-state index contributed by atoms with van der Waals surface area (Å²) in [6.45, 7) is 4.30. The van der Waals surface area contributed by atoms with Gasteiger partial charge in [-0.2, -0.15) is 28.1 Å². The smallest absolute Gasteiger partial charge is 0.378 e. The molecule has 2 heterocycles. The zero-order valence-corrected chi connectivity index (χ0v) is 17.4. The van der Waals surface area contributed by atoms with Gasteiger partial charge in [0.15, 0.2) is 0 Å². The second-order valence-electron chi connectivity index (χ2n) is 7.36. The number of nitrogens with one attached hydrogen (secondary N) is 2. The minimum atomic E-state index is -4.44. The number of ether oxygens (including phenoxy) is 1. The van der Waals surface area contributed by atoms with Gasteiger partial charge in [-0.15, -0.1) is 0 Å². The summed E-state index contributed by atoms with van der Waals surface area (Å²) in [5, 5.41) is 6.15. The lowest BCUT2D eigenvalue weighted by Gasteiger charge is -2.27. The average molecular weight is 444 g/mol. The molecular weight excluding hydrogens is 421 g/mol. The van der Waals surface area contributed by atoms with Crippen molar-refractivity contribution in [2.45, 2.75) is 19.1 Å². The number of hydrogen-bond acceptors (Lipinski definition) is 7. The highest BCUT2D eigenvalue weighted by molar-refractivity contribution is 5.57. The number of benzene rings is 2. The molecule has 3 aromatic rings. The Kier molecular flexibility index (Phi) is 6.40. The third-order valence-electron chi connectivity index (χ3n) is 5.01. The van der Waals surface area contributed by atoms with Crippen LogP contribution in [0, 0.1) is 0 Å². The maximum Gasteiger partial charge on any atom is 0.416 e. The van der Waals surface area contributed by atoms with Gasteiger partial charge in [0, 0.05) is 18.8 Å². The lowest BCUT2D eigenvalue weighted by Crippen LogP contribution is -2.37. The maximum absolute atomic E-state index is 13.1. The second-order valence-corrected chi connectivity index (χ2v) is 7.36. The van der Waals surface area contributed by atoms with Crippen LogP contribution < -0.4 is 15.5 Å². The molecule has 2 aromatic carbocycles. The quantitative estimate of drug-likeness (QED) is 0.574. The topological polar surface area (TPSA) is 75.2 Å². The summed E-state index contributed by atoms with van der Waals surface area (Å²) in [5.41, 5.74) is 0.537. The molecular formula is C22H23F3N6O. The number of alkyl halides is 3. The van der Waals surface area contributed by atoms with Crippen molar-refractivity contribution in [3.05, 3.63) is 65.7 Å². The Balaban J connectivity index is 1.63. The molecule has 4 rings (SSSR count). The van der Waals surface area contributed by atoms with Gasteiger partial charge < -0.3 is 20.3 Å². The largest absolute Gasteiger partial charge is 0.416 e. The van der Waals surface area contributed by atoms with E-state index >= 15 is 0 Å². The summed E-state index contributed by atoms with van der Waals surface area (Å²) in [6, 6.07) is 14.6. The van der Waals surface area contributed by atoms with Crippen LogP contribution in [0.1, 0.15) is 24.1 Å². The van der Waals surface area contributed by atoms with E-state index in [0.717, 1.165) is 17.7 Å². The lowest BCUT2D eigenvalue weighted by atomic mass is 10.1. The van der Waals surface area contributed by atoms with Crippen LogP contribution in [-0.4, -0.2) is 41.3 Å². The number of halogens is 3. The fraction of sp³-hybridized carbons (Fsp3) is 0.318. The normalized spacial score (nSPS) is 15.3. The van der Waals surface area contributed by atoms with Gasteiger partial charge in [0.05, 0.1) is 24.8 Å². The van der Waals surface area contributed by atoms with Gasteiger partial charge >= 0.3 is 6.18 Å². The minimum Gasteiger partial charge on any atom is -0.378 e. The summed E-state index contributed by atoms with van der Waals surface area (Å²) in [6.07, 6.45) is -4.44. The van der Waals surface area contributed by atoms with E-state index in [1.54, 1.807) is 0 Å². The molecule has 1 atom stereocenters. The molecule has 2 N–H and O–H groups in total. The van der Waals surface area contributed by atoms with Crippen molar-refractivity contribution >= 4 is 23.5 Å². The fourth-order valence-corrected chi connectivity index (χ4v) is 3.31. The maximum atomic E-state index is 13.1. The molecule has 1 aliphatic rings. The van der Waals surface area contributed by atoms with E-state index < -0.39 is 11.7 Å². The summed E-state index contributed by atoms with van der Waals surface area (Å²) in [4.78, 5) is 15.3. The van der Waals surface area contributed by atoms with Crippen molar-refractivity contribution in [1.82, 2.24) is 15.0 Å².